The van der Waals surface area contributed by atoms with Crippen molar-refractivity contribution >= 4 is 5.69 Å². The Bertz CT molecular complexity index is 284. The van der Waals surface area contributed by atoms with E-state index < -0.39 is 0 Å². The van der Waals surface area contributed by atoms with Gasteiger partial charge in [0.05, 0.1) is 0 Å². The summed E-state index contributed by atoms with van der Waals surface area (Å²) in [5, 5.41) is 0. The van der Waals surface area contributed by atoms with Gasteiger partial charge in [-0.2, -0.15) is 0 Å². The first-order valence-corrected chi connectivity index (χ1v) is 5.40. The summed E-state index contributed by atoms with van der Waals surface area (Å²) in [6.45, 7) is 3.31. The van der Waals surface area contributed by atoms with E-state index in [1.807, 2.05) is 0 Å². The van der Waals surface area contributed by atoms with E-state index >= 15 is 0 Å². The summed E-state index contributed by atoms with van der Waals surface area (Å²) in [6, 6.07) is 11.4. The molecule has 2 nitrogen and oxygen atoms in total. The fourth-order valence-electron chi connectivity index (χ4n) is 2.34. The molecule has 0 bridgehead atoms. The van der Waals surface area contributed by atoms with Crippen LogP contribution >= 0.6 is 0 Å². The van der Waals surface area contributed by atoms with Crippen molar-refractivity contribution in [3.05, 3.63) is 30.3 Å². The Morgan fingerprint density at radius 2 is 2.07 bits per heavy atom. The number of hydrogen-bond acceptors (Lipinski definition) is 2. The van der Waals surface area contributed by atoms with Gasteiger partial charge in [-0.3, -0.25) is 0 Å². The average Bonchev–Trinajstić information content (AvgIpc) is 2.61. The van der Waals surface area contributed by atoms with Crippen LogP contribution in [0.4, 0.5) is 5.69 Å². The summed E-state index contributed by atoms with van der Waals surface area (Å²) >= 11 is 0. The van der Waals surface area contributed by atoms with Crippen LogP contribution in [0.15, 0.2) is 30.3 Å². The second-order valence-corrected chi connectivity index (χ2v) is 3.96. The van der Waals surface area contributed by atoms with Gasteiger partial charge < -0.3 is 10.6 Å². The highest BCUT2D eigenvalue weighted by Gasteiger charge is 2.29. The van der Waals surface area contributed by atoms with Crippen molar-refractivity contribution in [2.24, 2.45) is 5.73 Å². The summed E-state index contributed by atoms with van der Waals surface area (Å²) < 4.78 is 0. The molecule has 0 aromatic heterocycles. The molecule has 2 rings (SSSR count). The summed E-state index contributed by atoms with van der Waals surface area (Å²) in [5.41, 5.74) is 7.39. The SMILES string of the molecule is CCC1[C@H](N)CCN1c1ccccc1. The highest BCUT2D eigenvalue weighted by Crippen LogP contribution is 2.26. The second-order valence-electron chi connectivity index (χ2n) is 3.96. The summed E-state index contributed by atoms with van der Waals surface area (Å²) in [6.07, 6.45) is 2.25. The van der Waals surface area contributed by atoms with Crippen LogP contribution in [0.3, 0.4) is 0 Å². The molecular weight excluding hydrogens is 172 g/mol. The van der Waals surface area contributed by atoms with E-state index in [0.29, 0.717) is 12.1 Å². The van der Waals surface area contributed by atoms with Gasteiger partial charge in [0.2, 0.25) is 0 Å². The maximum atomic E-state index is 6.08. The minimum Gasteiger partial charge on any atom is -0.367 e. The molecule has 2 atom stereocenters. The van der Waals surface area contributed by atoms with E-state index in [4.69, 9.17) is 5.73 Å². The van der Waals surface area contributed by atoms with E-state index in [0.717, 1.165) is 19.4 Å². The highest BCUT2D eigenvalue weighted by molar-refractivity contribution is 5.48. The molecule has 2 N–H and O–H groups in total. The minimum absolute atomic E-state index is 0.347. The van der Waals surface area contributed by atoms with Crippen LogP contribution in [0.1, 0.15) is 19.8 Å². The van der Waals surface area contributed by atoms with E-state index in [2.05, 4.69) is 42.2 Å². The maximum Gasteiger partial charge on any atom is 0.0439 e. The molecule has 1 aromatic carbocycles. The summed E-state index contributed by atoms with van der Waals surface area (Å²) in [4.78, 5) is 2.44. The predicted molar refractivity (Wildman–Crippen MR) is 60.5 cm³/mol. The first-order valence-electron chi connectivity index (χ1n) is 5.40. The second kappa shape index (κ2) is 4.01. The van der Waals surface area contributed by atoms with Crippen LogP contribution in [0, 0.1) is 0 Å². The van der Waals surface area contributed by atoms with Crippen molar-refractivity contribution < 1.29 is 0 Å². The number of nitrogens with zero attached hydrogens (tertiary/aromatic N) is 1. The van der Waals surface area contributed by atoms with Gasteiger partial charge in [-0.25, -0.2) is 0 Å². The lowest BCUT2D eigenvalue weighted by Crippen LogP contribution is -2.38. The predicted octanol–water partition coefficient (Wildman–Crippen LogP) is 2.00. The first-order chi connectivity index (χ1) is 6.83. The average molecular weight is 190 g/mol. The van der Waals surface area contributed by atoms with E-state index in [1.54, 1.807) is 0 Å². The molecule has 1 saturated heterocycles. The Morgan fingerprint density at radius 3 is 2.71 bits per heavy atom. The molecule has 0 amide bonds. The van der Waals surface area contributed by atoms with Gasteiger partial charge >= 0.3 is 0 Å². The van der Waals surface area contributed by atoms with Crippen LogP contribution in [-0.4, -0.2) is 18.6 Å². The largest absolute Gasteiger partial charge is 0.367 e. The van der Waals surface area contributed by atoms with Crippen LogP contribution < -0.4 is 10.6 Å². The van der Waals surface area contributed by atoms with Gasteiger partial charge in [0.25, 0.3) is 0 Å². The lowest BCUT2D eigenvalue weighted by atomic mass is 10.1. The quantitative estimate of drug-likeness (QED) is 0.773. The van der Waals surface area contributed by atoms with Crippen molar-refractivity contribution in [1.82, 2.24) is 0 Å². The Morgan fingerprint density at radius 1 is 1.36 bits per heavy atom. The van der Waals surface area contributed by atoms with Crippen LogP contribution in [0.25, 0.3) is 0 Å². The molecule has 0 spiro atoms. The highest BCUT2D eigenvalue weighted by atomic mass is 15.2. The van der Waals surface area contributed by atoms with Crippen LogP contribution in [0.2, 0.25) is 0 Å². The zero-order chi connectivity index (χ0) is 9.97. The number of hydrogen-bond donors (Lipinski definition) is 1. The topological polar surface area (TPSA) is 29.3 Å². The molecule has 0 saturated carbocycles. The fraction of sp³-hybridized carbons (Fsp3) is 0.500. The fourth-order valence-corrected chi connectivity index (χ4v) is 2.34. The van der Waals surface area contributed by atoms with Gasteiger partial charge in [-0.05, 0) is 25.0 Å². The molecule has 0 aliphatic carbocycles. The smallest absolute Gasteiger partial charge is 0.0439 e. The molecule has 0 radical (unpaired) electrons. The molecule has 2 heteroatoms. The zero-order valence-corrected chi connectivity index (χ0v) is 8.69. The Labute approximate surface area is 85.7 Å². The molecule has 76 valence electrons. The molecule has 1 aliphatic heterocycles. The number of rotatable bonds is 2. The van der Waals surface area contributed by atoms with E-state index in [1.165, 1.54) is 5.69 Å². The number of anilines is 1. The summed E-state index contributed by atoms with van der Waals surface area (Å²) in [5.74, 6) is 0. The molecular formula is C12H18N2. The third kappa shape index (κ3) is 1.62. The zero-order valence-electron chi connectivity index (χ0n) is 8.69. The summed E-state index contributed by atoms with van der Waals surface area (Å²) in [7, 11) is 0. The van der Waals surface area contributed by atoms with Crippen molar-refractivity contribution in [2.45, 2.75) is 31.8 Å². The molecule has 1 heterocycles. The third-order valence-corrected chi connectivity index (χ3v) is 3.10. The van der Waals surface area contributed by atoms with Crippen molar-refractivity contribution in [1.29, 1.82) is 0 Å². The van der Waals surface area contributed by atoms with Gasteiger partial charge in [0.1, 0.15) is 0 Å². The Balaban J connectivity index is 2.19. The molecule has 1 aromatic rings. The van der Waals surface area contributed by atoms with Gasteiger partial charge in [-0.1, -0.05) is 25.1 Å². The Kier molecular flexibility index (Phi) is 2.73. The number of para-hydroxylation sites is 1. The third-order valence-electron chi connectivity index (χ3n) is 3.10. The molecule has 1 fully saturated rings. The molecule has 14 heavy (non-hydrogen) atoms. The van der Waals surface area contributed by atoms with Crippen LogP contribution in [-0.2, 0) is 0 Å². The van der Waals surface area contributed by atoms with Crippen LogP contribution in [0.5, 0.6) is 0 Å². The van der Waals surface area contributed by atoms with Crippen molar-refractivity contribution in [3.63, 3.8) is 0 Å². The normalized spacial score (nSPS) is 26.9. The van der Waals surface area contributed by atoms with Gasteiger partial charge in [-0.15, -0.1) is 0 Å². The molecule has 1 unspecified atom stereocenters. The van der Waals surface area contributed by atoms with Gasteiger partial charge in [0, 0.05) is 24.3 Å². The Hall–Kier alpha value is -1.02. The van der Waals surface area contributed by atoms with Crippen molar-refractivity contribution in [3.8, 4) is 0 Å². The van der Waals surface area contributed by atoms with E-state index in [9.17, 15) is 0 Å². The standard InChI is InChI=1S/C12H18N2/c1-2-12-11(13)8-9-14(12)10-6-4-3-5-7-10/h3-7,11-12H,2,8-9,13H2,1H3/t11-,12?/m1/s1. The monoisotopic (exact) mass is 190 g/mol. The molecule has 1 aliphatic rings. The van der Waals surface area contributed by atoms with E-state index in [-0.39, 0.29) is 0 Å². The van der Waals surface area contributed by atoms with Gasteiger partial charge in [0.15, 0.2) is 0 Å². The number of benzene rings is 1. The van der Waals surface area contributed by atoms with Crippen molar-refractivity contribution in [2.75, 3.05) is 11.4 Å². The maximum absolute atomic E-state index is 6.08. The minimum atomic E-state index is 0.347. The first kappa shape index (κ1) is 9.53. The lowest BCUT2D eigenvalue weighted by molar-refractivity contribution is 0.565. The lowest BCUT2D eigenvalue weighted by Gasteiger charge is -2.27. The number of nitrogens with two attached hydrogens (primary N) is 1.